The highest BCUT2D eigenvalue weighted by molar-refractivity contribution is 6.31. The second-order valence-electron chi connectivity index (χ2n) is 7.05. The first kappa shape index (κ1) is 22.1. The molecule has 0 saturated carbocycles. The highest BCUT2D eigenvalue weighted by atomic mass is 35.5. The lowest BCUT2D eigenvalue weighted by Crippen LogP contribution is -2.38. The zero-order valence-electron chi connectivity index (χ0n) is 15.8. The maximum absolute atomic E-state index is 12.9. The molecule has 150 valence electrons. The summed E-state index contributed by atoms with van der Waals surface area (Å²) in [4.78, 5) is 25.1. The number of nitrogens with one attached hydrogen (secondary N) is 3. The van der Waals surface area contributed by atoms with Crippen molar-refractivity contribution in [2.75, 3.05) is 11.2 Å². The van der Waals surface area contributed by atoms with Crippen LogP contribution in [0.3, 0.4) is 0 Å². The fourth-order valence-corrected chi connectivity index (χ4v) is 2.72. The van der Waals surface area contributed by atoms with Crippen molar-refractivity contribution in [3.05, 3.63) is 63.9 Å². The molecule has 0 aliphatic heterocycles. The number of halogens is 3. The van der Waals surface area contributed by atoms with Gasteiger partial charge in [-0.3, -0.25) is 15.0 Å². The van der Waals surface area contributed by atoms with E-state index in [0.717, 1.165) is 5.56 Å². The minimum absolute atomic E-state index is 0.131. The number of anilines is 1. The third-order valence-corrected chi connectivity index (χ3v) is 5.03. The Kier molecular flexibility index (Phi) is 7.41. The molecule has 2 amide bonds. The summed E-state index contributed by atoms with van der Waals surface area (Å²) in [7, 11) is 0. The van der Waals surface area contributed by atoms with Crippen molar-refractivity contribution in [2.24, 2.45) is 5.41 Å². The molecule has 0 saturated heterocycles. The van der Waals surface area contributed by atoms with Gasteiger partial charge in [0.2, 0.25) is 5.91 Å². The summed E-state index contributed by atoms with van der Waals surface area (Å²) in [6, 6.07) is 9.03. The van der Waals surface area contributed by atoms with Crippen molar-refractivity contribution in [3.63, 3.8) is 0 Å². The van der Waals surface area contributed by atoms with E-state index < -0.39 is 11.3 Å². The molecule has 28 heavy (non-hydrogen) atoms. The first-order valence-corrected chi connectivity index (χ1v) is 9.50. The van der Waals surface area contributed by atoms with Gasteiger partial charge < -0.3 is 5.32 Å². The number of carbonyl (C=O) groups is 2. The van der Waals surface area contributed by atoms with Gasteiger partial charge in [0.1, 0.15) is 5.82 Å². The van der Waals surface area contributed by atoms with Crippen LogP contribution in [0.2, 0.25) is 5.02 Å². The molecule has 2 rings (SSSR count). The zero-order chi connectivity index (χ0) is 20.9. The Labute approximate surface area is 173 Å². The van der Waals surface area contributed by atoms with Crippen LogP contribution in [0.1, 0.15) is 35.3 Å². The first-order chi connectivity index (χ1) is 13.1. The monoisotopic (exact) mass is 425 g/mol. The molecule has 0 aliphatic rings. The minimum Gasteiger partial charge on any atom is -0.325 e. The number of carbonyl (C=O) groups excluding carboxylic acids is 2. The Bertz CT molecular complexity index is 870. The Balaban J connectivity index is 2.15. The largest absolute Gasteiger partial charge is 0.325 e. The molecule has 0 unspecified atom stereocenters. The Hall–Kier alpha value is -2.15. The maximum Gasteiger partial charge on any atom is 0.267 e. The van der Waals surface area contributed by atoms with Crippen LogP contribution >= 0.6 is 23.2 Å². The Morgan fingerprint density at radius 2 is 1.79 bits per heavy atom. The van der Waals surface area contributed by atoms with Crippen LogP contribution in [-0.2, 0) is 11.3 Å². The normalized spacial score (nSPS) is 11.2. The average Bonchev–Trinajstić information content (AvgIpc) is 2.64. The Morgan fingerprint density at radius 1 is 1.14 bits per heavy atom. The van der Waals surface area contributed by atoms with Crippen molar-refractivity contribution in [1.29, 1.82) is 0 Å². The van der Waals surface area contributed by atoms with Crippen LogP contribution < -0.4 is 16.2 Å². The van der Waals surface area contributed by atoms with Gasteiger partial charge in [0.15, 0.2) is 0 Å². The summed E-state index contributed by atoms with van der Waals surface area (Å²) >= 11 is 12.0. The van der Waals surface area contributed by atoms with Gasteiger partial charge in [-0.2, -0.15) is 0 Å². The number of aryl methyl sites for hydroxylation is 1. The highest BCUT2D eigenvalue weighted by Gasteiger charge is 2.28. The van der Waals surface area contributed by atoms with Crippen LogP contribution in [0, 0.1) is 18.2 Å². The molecular weight excluding hydrogens is 404 g/mol. The van der Waals surface area contributed by atoms with Crippen molar-refractivity contribution in [2.45, 2.75) is 27.3 Å². The quantitative estimate of drug-likeness (QED) is 0.453. The molecule has 0 bridgehead atoms. The number of rotatable bonds is 7. The van der Waals surface area contributed by atoms with Gasteiger partial charge in [0.05, 0.1) is 16.7 Å². The minimum atomic E-state index is -0.803. The van der Waals surface area contributed by atoms with E-state index in [1.54, 1.807) is 39.0 Å². The number of hydrogen-bond donors (Lipinski definition) is 3. The lowest BCUT2D eigenvalue weighted by atomic mass is 9.94. The lowest BCUT2D eigenvalue weighted by molar-refractivity contribution is -0.122. The fraction of sp³-hybridized carbons (Fsp3) is 0.300. The fourth-order valence-electron chi connectivity index (χ4n) is 2.33. The molecule has 0 fully saturated rings. The first-order valence-electron chi connectivity index (χ1n) is 8.59. The second kappa shape index (κ2) is 9.37. The van der Waals surface area contributed by atoms with E-state index in [0.29, 0.717) is 22.8 Å². The summed E-state index contributed by atoms with van der Waals surface area (Å²) in [5, 5.41) is 3.15. The van der Waals surface area contributed by atoms with Crippen LogP contribution in [0.5, 0.6) is 0 Å². The number of alkyl halides is 1. The van der Waals surface area contributed by atoms with E-state index in [2.05, 4.69) is 16.2 Å². The molecule has 0 atom stereocenters. The summed E-state index contributed by atoms with van der Waals surface area (Å²) in [5.41, 5.74) is 6.57. The van der Waals surface area contributed by atoms with Gasteiger partial charge in [0, 0.05) is 17.4 Å². The zero-order valence-corrected chi connectivity index (χ0v) is 17.3. The van der Waals surface area contributed by atoms with Crippen molar-refractivity contribution >= 4 is 40.7 Å². The predicted molar refractivity (Wildman–Crippen MR) is 110 cm³/mol. The smallest absolute Gasteiger partial charge is 0.267 e. The molecule has 2 aromatic rings. The molecule has 0 aromatic heterocycles. The molecule has 0 aliphatic carbocycles. The molecule has 3 N–H and O–H groups in total. The number of benzene rings is 2. The summed E-state index contributed by atoms with van der Waals surface area (Å²) in [6.07, 6.45) is 0. The van der Waals surface area contributed by atoms with Gasteiger partial charge >= 0.3 is 0 Å². The molecule has 8 heteroatoms. The van der Waals surface area contributed by atoms with Crippen LogP contribution in [0.4, 0.5) is 10.1 Å². The summed E-state index contributed by atoms with van der Waals surface area (Å²) in [6.45, 7) is 5.47. The van der Waals surface area contributed by atoms with Gasteiger partial charge in [0.25, 0.3) is 5.91 Å². The molecule has 0 radical (unpaired) electrons. The third-order valence-electron chi connectivity index (χ3n) is 4.14. The van der Waals surface area contributed by atoms with Crippen LogP contribution in [0.25, 0.3) is 0 Å². The lowest BCUT2D eigenvalue weighted by Gasteiger charge is -2.22. The predicted octanol–water partition coefficient (Wildman–Crippen LogP) is 4.43. The van der Waals surface area contributed by atoms with E-state index in [-0.39, 0.29) is 23.2 Å². The molecular formula is C20H22Cl2FN3O2. The van der Waals surface area contributed by atoms with Gasteiger partial charge in [-0.25, -0.2) is 9.82 Å². The van der Waals surface area contributed by atoms with E-state index in [1.165, 1.54) is 18.2 Å². The second-order valence-corrected chi connectivity index (χ2v) is 7.75. The number of hydrazine groups is 1. The SMILES string of the molecule is Cc1cc(Cl)cc(C(=O)NNCc2ccc(F)cc2)c1NC(=O)C(C)(C)CCl. The molecule has 0 spiro atoms. The Morgan fingerprint density at radius 3 is 2.39 bits per heavy atom. The van der Waals surface area contributed by atoms with Crippen molar-refractivity contribution < 1.29 is 14.0 Å². The summed E-state index contributed by atoms with van der Waals surface area (Å²) < 4.78 is 12.9. The standard InChI is InChI=1S/C20H22Cl2FN3O2/c1-12-8-14(22)9-16(17(12)25-19(28)20(2,3)11-21)18(27)26-24-10-13-4-6-15(23)7-5-13/h4-9,24H,10-11H2,1-3H3,(H,25,28)(H,26,27). The number of hydrogen-bond acceptors (Lipinski definition) is 3. The van der Waals surface area contributed by atoms with Gasteiger partial charge in [-0.15, -0.1) is 11.6 Å². The van der Waals surface area contributed by atoms with E-state index >= 15 is 0 Å². The van der Waals surface area contributed by atoms with Crippen molar-refractivity contribution in [3.8, 4) is 0 Å². The van der Waals surface area contributed by atoms with E-state index in [9.17, 15) is 14.0 Å². The molecule has 0 heterocycles. The summed E-state index contributed by atoms with van der Waals surface area (Å²) in [5.74, 6) is -0.970. The van der Waals surface area contributed by atoms with Crippen LogP contribution in [-0.4, -0.2) is 17.7 Å². The average molecular weight is 426 g/mol. The van der Waals surface area contributed by atoms with E-state index in [4.69, 9.17) is 23.2 Å². The van der Waals surface area contributed by atoms with Gasteiger partial charge in [-0.05, 0) is 56.2 Å². The molecule has 5 nitrogen and oxygen atoms in total. The highest BCUT2D eigenvalue weighted by Crippen LogP contribution is 2.28. The van der Waals surface area contributed by atoms with Crippen molar-refractivity contribution in [1.82, 2.24) is 10.9 Å². The maximum atomic E-state index is 12.9. The number of amides is 2. The van der Waals surface area contributed by atoms with E-state index in [1.807, 2.05) is 0 Å². The van der Waals surface area contributed by atoms with Gasteiger partial charge in [-0.1, -0.05) is 23.7 Å². The topological polar surface area (TPSA) is 70.2 Å². The van der Waals surface area contributed by atoms with Crippen LogP contribution in [0.15, 0.2) is 36.4 Å². The molecule has 2 aromatic carbocycles. The third kappa shape index (κ3) is 5.67.